The highest BCUT2D eigenvalue weighted by Gasteiger charge is 2.12. The maximum absolute atomic E-state index is 12.2. The van der Waals surface area contributed by atoms with Crippen molar-refractivity contribution in [2.24, 2.45) is 0 Å². The summed E-state index contributed by atoms with van der Waals surface area (Å²) in [4.78, 5) is 28.9. The number of nitrogens with one attached hydrogen (secondary N) is 3. The Balaban J connectivity index is 0.00000137. The number of amides is 2. The van der Waals surface area contributed by atoms with Crippen LogP contribution in [0.3, 0.4) is 0 Å². The molecule has 1 radical (unpaired) electrons. The van der Waals surface area contributed by atoms with Gasteiger partial charge in [0.2, 0.25) is 13.3 Å². The number of aromatic nitrogens is 2. The van der Waals surface area contributed by atoms with Crippen LogP contribution in [0.25, 0.3) is 16.8 Å². The van der Waals surface area contributed by atoms with E-state index in [9.17, 15) is 9.59 Å². The molecule has 7 nitrogen and oxygen atoms in total. The van der Waals surface area contributed by atoms with Crippen molar-refractivity contribution < 1.29 is 9.59 Å². The lowest BCUT2D eigenvalue weighted by molar-refractivity contribution is -0.115. The Hall–Kier alpha value is -3.59. The van der Waals surface area contributed by atoms with Gasteiger partial charge in [-0.2, -0.15) is 0 Å². The molecule has 3 aromatic rings. The smallest absolute Gasteiger partial charge is 0.253 e. The second kappa shape index (κ2) is 14.0. The number of hydrogen-bond donors (Lipinski definition) is 3. The minimum Gasteiger partial charge on any atom is -0.402 e. The maximum Gasteiger partial charge on any atom is 0.253 e. The number of carbonyl (C=O) groups excluding carboxylic acids is 2. The quantitative estimate of drug-likeness (QED) is 0.351. The van der Waals surface area contributed by atoms with Crippen LogP contribution in [-0.4, -0.2) is 35.2 Å². The van der Waals surface area contributed by atoms with Crippen molar-refractivity contribution in [3.05, 3.63) is 77.7 Å². The molecule has 0 aliphatic rings. The number of benzene rings is 1. The van der Waals surface area contributed by atoms with Crippen LogP contribution >= 0.6 is 11.3 Å². The molecule has 0 fully saturated rings. The van der Waals surface area contributed by atoms with Crippen LogP contribution in [0.5, 0.6) is 0 Å². The molecule has 3 rings (SSSR count). The first-order valence-electron chi connectivity index (χ1n) is 11.5. The predicted octanol–water partition coefficient (Wildman–Crippen LogP) is 5.40. The number of rotatable bonds is 9. The zero-order valence-corrected chi connectivity index (χ0v) is 21.8. The van der Waals surface area contributed by atoms with Crippen LogP contribution in [0, 0.1) is 0 Å². The van der Waals surface area contributed by atoms with Gasteiger partial charge >= 0.3 is 0 Å². The highest BCUT2D eigenvalue weighted by molar-refractivity contribution is 7.14. The standard InChI is InChI=1S/C23H25BN5O2S.C3H8/c1-15(2)25-11-16(3)17-6-5-7-18(10-17)20-14-32-23(27-20)28-21(30)12-26-22(31)19-8-9-29(13-19)24-4;1-3-2/h5-11,13-14,25H,1,12H2,2-4H3,(H,26,31)(H,27,28,30);3H2,1-2H3/b16-11+;. The van der Waals surface area contributed by atoms with Crippen molar-refractivity contribution in [3.8, 4) is 11.3 Å². The normalized spacial score (nSPS) is 10.6. The molecule has 2 heterocycles. The molecule has 0 aliphatic carbocycles. The summed E-state index contributed by atoms with van der Waals surface area (Å²) < 4.78 is 1.77. The van der Waals surface area contributed by atoms with Gasteiger partial charge in [0.25, 0.3) is 5.91 Å². The molecule has 0 bridgehead atoms. The molecule has 3 N–H and O–H groups in total. The van der Waals surface area contributed by atoms with Gasteiger partial charge in [0.15, 0.2) is 5.13 Å². The van der Waals surface area contributed by atoms with Gasteiger partial charge in [0, 0.05) is 29.0 Å². The second-order valence-electron chi connectivity index (χ2n) is 7.91. The van der Waals surface area contributed by atoms with Gasteiger partial charge in [0.1, 0.15) is 0 Å². The van der Waals surface area contributed by atoms with E-state index >= 15 is 0 Å². The van der Waals surface area contributed by atoms with Crippen LogP contribution in [0.1, 0.15) is 50.0 Å². The van der Waals surface area contributed by atoms with Crippen LogP contribution in [0.15, 0.2) is 66.6 Å². The van der Waals surface area contributed by atoms with Crippen molar-refractivity contribution in [2.45, 2.75) is 40.9 Å². The summed E-state index contributed by atoms with van der Waals surface area (Å²) in [6, 6.07) is 9.72. The van der Waals surface area contributed by atoms with Crippen molar-refractivity contribution in [3.63, 3.8) is 0 Å². The Morgan fingerprint density at radius 2 is 1.94 bits per heavy atom. The monoisotopic (exact) mass is 490 g/mol. The van der Waals surface area contributed by atoms with Gasteiger partial charge in [-0.15, -0.1) is 11.3 Å². The van der Waals surface area contributed by atoms with E-state index in [1.165, 1.54) is 17.8 Å². The zero-order valence-electron chi connectivity index (χ0n) is 21.0. The van der Waals surface area contributed by atoms with Crippen LogP contribution in [0.2, 0.25) is 6.82 Å². The van der Waals surface area contributed by atoms with Crippen molar-refractivity contribution in [1.29, 1.82) is 0 Å². The predicted molar refractivity (Wildman–Crippen MR) is 148 cm³/mol. The highest BCUT2D eigenvalue weighted by atomic mass is 32.1. The minimum atomic E-state index is -0.334. The van der Waals surface area contributed by atoms with Gasteiger partial charge in [-0.25, -0.2) is 4.98 Å². The van der Waals surface area contributed by atoms with E-state index in [0.29, 0.717) is 10.7 Å². The van der Waals surface area contributed by atoms with E-state index in [4.69, 9.17) is 0 Å². The third-order valence-corrected chi connectivity index (χ3v) is 5.34. The average molecular weight is 490 g/mol. The lowest BCUT2D eigenvalue weighted by Gasteiger charge is -2.06. The van der Waals surface area contributed by atoms with E-state index in [2.05, 4.69) is 41.4 Å². The fraction of sp³-hybridized carbons (Fsp3) is 0.269. The molecule has 1 aromatic carbocycles. The molecule has 0 saturated heterocycles. The summed E-state index contributed by atoms with van der Waals surface area (Å²) in [7, 11) is 1.83. The number of carbonyl (C=O) groups is 2. The summed E-state index contributed by atoms with van der Waals surface area (Å²) in [6.45, 7) is 13.7. The molecule has 0 spiro atoms. The van der Waals surface area contributed by atoms with Gasteiger partial charge < -0.3 is 20.4 Å². The average Bonchev–Trinajstić information content (AvgIpc) is 3.51. The maximum atomic E-state index is 12.2. The molecule has 0 aliphatic heterocycles. The van der Waals surface area contributed by atoms with Gasteiger partial charge in [-0.1, -0.05) is 51.9 Å². The summed E-state index contributed by atoms with van der Waals surface area (Å²) in [5.74, 6) is -0.638. The molecular weight excluding hydrogens is 457 g/mol. The topological polar surface area (TPSA) is 88.0 Å². The van der Waals surface area contributed by atoms with E-state index < -0.39 is 0 Å². The third-order valence-electron chi connectivity index (χ3n) is 4.58. The minimum absolute atomic E-state index is 0.135. The molecule has 2 aromatic heterocycles. The number of anilines is 1. The molecule has 183 valence electrons. The lowest BCUT2D eigenvalue weighted by atomic mass is 10.0. The Kier molecular flexibility index (Phi) is 11.0. The molecular formula is C26H33BN5O2S. The molecule has 0 unspecified atom stereocenters. The summed E-state index contributed by atoms with van der Waals surface area (Å²) in [6.07, 6.45) is 6.63. The summed E-state index contributed by atoms with van der Waals surface area (Å²) in [5.41, 5.74) is 5.22. The number of nitrogens with zero attached hydrogens (tertiary/aromatic N) is 2. The number of hydrogen-bond acceptors (Lipinski definition) is 5. The Bertz CT molecular complexity index is 1180. The van der Waals surface area contributed by atoms with E-state index in [-0.39, 0.29) is 18.4 Å². The van der Waals surface area contributed by atoms with Crippen LogP contribution in [-0.2, 0) is 4.79 Å². The number of thiazole rings is 1. The third kappa shape index (κ3) is 8.94. The van der Waals surface area contributed by atoms with Crippen molar-refractivity contribution in [1.82, 2.24) is 20.1 Å². The van der Waals surface area contributed by atoms with E-state index in [1.807, 2.05) is 63.9 Å². The zero-order chi connectivity index (χ0) is 25.8. The first kappa shape index (κ1) is 27.7. The summed E-state index contributed by atoms with van der Waals surface area (Å²) >= 11 is 1.34. The van der Waals surface area contributed by atoms with Gasteiger partial charge in [-0.05, 0) is 43.3 Å². The van der Waals surface area contributed by atoms with Gasteiger partial charge in [0.05, 0.1) is 17.8 Å². The SMILES string of the molecule is C=C(C)N/C=C(\C)c1cccc(-c2csc(NC(=O)CNC(=O)c3ccn([B]C)c3)n2)c1.CCC. The van der Waals surface area contributed by atoms with Crippen molar-refractivity contribution >= 4 is 41.3 Å². The molecule has 0 atom stereocenters. The van der Waals surface area contributed by atoms with E-state index in [0.717, 1.165) is 28.1 Å². The fourth-order valence-corrected chi connectivity index (χ4v) is 3.57. The Morgan fingerprint density at radius 1 is 1.20 bits per heavy atom. The first-order chi connectivity index (χ1) is 16.8. The Morgan fingerprint density at radius 3 is 2.60 bits per heavy atom. The second-order valence-corrected chi connectivity index (χ2v) is 8.77. The van der Waals surface area contributed by atoms with Crippen LogP contribution in [0.4, 0.5) is 5.13 Å². The highest BCUT2D eigenvalue weighted by Crippen LogP contribution is 2.27. The lowest BCUT2D eigenvalue weighted by Crippen LogP contribution is -2.32. The number of allylic oxidation sites excluding steroid dienone is 2. The van der Waals surface area contributed by atoms with Crippen LogP contribution < -0.4 is 16.0 Å². The molecule has 35 heavy (non-hydrogen) atoms. The van der Waals surface area contributed by atoms with E-state index in [1.54, 1.807) is 22.9 Å². The fourth-order valence-electron chi connectivity index (χ4n) is 2.84. The molecule has 2 amide bonds. The first-order valence-corrected chi connectivity index (χ1v) is 12.3. The van der Waals surface area contributed by atoms with Gasteiger partial charge in [-0.3, -0.25) is 9.59 Å². The Labute approximate surface area is 212 Å². The molecule has 0 saturated carbocycles. The molecule has 9 heteroatoms. The summed E-state index contributed by atoms with van der Waals surface area (Å²) in [5, 5.41) is 10.8. The van der Waals surface area contributed by atoms with Crippen molar-refractivity contribution in [2.75, 3.05) is 11.9 Å². The largest absolute Gasteiger partial charge is 0.402 e.